The number of hydrogen-bond acceptors (Lipinski definition) is 4. The lowest BCUT2D eigenvalue weighted by molar-refractivity contribution is -0.168. The summed E-state index contributed by atoms with van der Waals surface area (Å²) in [7, 11) is 0. The molecular weight excluding hydrogens is 515 g/mol. The number of alkyl halides is 5. The monoisotopic (exact) mass is 527 g/mol. The van der Waals surface area contributed by atoms with E-state index in [1.54, 1.807) is 0 Å². The molecule has 13 heteroatoms. The van der Waals surface area contributed by atoms with Crippen molar-refractivity contribution in [2.24, 2.45) is 5.41 Å². The van der Waals surface area contributed by atoms with Gasteiger partial charge in [-0.3, -0.25) is 4.40 Å². The summed E-state index contributed by atoms with van der Waals surface area (Å²) in [5.41, 5.74) is -2.33. The molecule has 2 heterocycles. The van der Waals surface area contributed by atoms with Crippen molar-refractivity contribution in [1.82, 2.24) is 19.6 Å². The van der Waals surface area contributed by atoms with Gasteiger partial charge in [0.25, 0.3) is 12.2 Å². The zero-order valence-electron chi connectivity index (χ0n) is 17.9. The SMILES string of the molecule is Fc1cc(C#CC2(C(F)(F)F)CC2)cc(N(CC(F)F)c2nc3nncn3c3c(Cl)cc(F)cc23)c1. The van der Waals surface area contributed by atoms with Gasteiger partial charge < -0.3 is 4.90 Å². The molecule has 1 saturated carbocycles. The van der Waals surface area contributed by atoms with Crippen LogP contribution in [0.2, 0.25) is 5.02 Å². The first kappa shape index (κ1) is 24.1. The zero-order chi connectivity index (χ0) is 25.8. The fourth-order valence-electron chi connectivity index (χ4n) is 3.86. The predicted octanol–water partition coefficient (Wildman–Crippen LogP) is 6.31. The second-order valence-electron chi connectivity index (χ2n) is 8.25. The van der Waals surface area contributed by atoms with E-state index in [0.29, 0.717) is 0 Å². The van der Waals surface area contributed by atoms with Crippen molar-refractivity contribution in [2.75, 3.05) is 11.4 Å². The molecule has 2 aromatic heterocycles. The summed E-state index contributed by atoms with van der Waals surface area (Å²) in [6.07, 6.45) is -6.61. The first-order valence-electron chi connectivity index (χ1n) is 10.4. The highest BCUT2D eigenvalue weighted by atomic mass is 35.5. The van der Waals surface area contributed by atoms with Crippen molar-refractivity contribution < 1.29 is 30.7 Å². The van der Waals surface area contributed by atoms with E-state index in [-0.39, 0.29) is 51.6 Å². The van der Waals surface area contributed by atoms with Gasteiger partial charge in [-0.2, -0.15) is 18.2 Å². The molecule has 0 amide bonds. The van der Waals surface area contributed by atoms with Crippen LogP contribution in [0.15, 0.2) is 36.7 Å². The minimum Gasteiger partial charge on any atom is -0.320 e. The summed E-state index contributed by atoms with van der Waals surface area (Å²) in [6.45, 7) is -1.01. The molecule has 0 bridgehead atoms. The first-order chi connectivity index (χ1) is 17.0. The van der Waals surface area contributed by atoms with Gasteiger partial charge in [-0.05, 0) is 43.2 Å². The smallest absolute Gasteiger partial charge is 0.320 e. The Bertz CT molecular complexity index is 1550. The number of nitrogens with zero attached hydrogens (tertiary/aromatic N) is 5. The van der Waals surface area contributed by atoms with Gasteiger partial charge >= 0.3 is 6.18 Å². The molecule has 1 fully saturated rings. The molecule has 186 valence electrons. The fourth-order valence-corrected chi connectivity index (χ4v) is 4.15. The highest BCUT2D eigenvalue weighted by molar-refractivity contribution is 6.35. The number of rotatable bonds is 4. The summed E-state index contributed by atoms with van der Waals surface area (Å²) in [4.78, 5) is 5.12. The quantitative estimate of drug-likeness (QED) is 0.231. The van der Waals surface area contributed by atoms with E-state index in [1.165, 1.54) is 10.7 Å². The molecule has 0 N–H and O–H groups in total. The van der Waals surface area contributed by atoms with Gasteiger partial charge in [0.2, 0.25) is 0 Å². The van der Waals surface area contributed by atoms with Crippen LogP contribution < -0.4 is 4.90 Å². The number of fused-ring (bicyclic) bond motifs is 3. The van der Waals surface area contributed by atoms with Crippen LogP contribution in [0, 0.1) is 28.9 Å². The first-order valence-corrected chi connectivity index (χ1v) is 10.8. The normalized spacial score (nSPS) is 14.8. The highest BCUT2D eigenvalue weighted by Gasteiger charge is 2.62. The fraction of sp³-hybridized carbons (Fsp3) is 0.261. The second-order valence-corrected chi connectivity index (χ2v) is 8.66. The molecule has 0 atom stereocenters. The van der Waals surface area contributed by atoms with Gasteiger partial charge in [0, 0.05) is 16.6 Å². The van der Waals surface area contributed by atoms with Gasteiger partial charge in [-0.15, -0.1) is 10.2 Å². The van der Waals surface area contributed by atoms with Crippen molar-refractivity contribution in [3.8, 4) is 11.8 Å². The third kappa shape index (κ3) is 4.28. The molecule has 0 unspecified atom stereocenters. The van der Waals surface area contributed by atoms with E-state index >= 15 is 0 Å². The lowest BCUT2D eigenvalue weighted by Crippen LogP contribution is -2.25. The van der Waals surface area contributed by atoms with Crippen molar-refractivity contribution in [2.45, 2.75) is 25.4 Å². The molecule has 0 spiro atoms. The van der Waals surface area contributed by atoms with Crippen LogP contribution in [0.3, 0.4) is 0 Å². The maximum Gasteiger partial charge on any atom is 0.405 e. The van der Waals surface area contributed by atoms with E-state index < -0.39 is 36.2 Å². The molecule has 0 radical (unpaired) electrons. The lowest BCUT2D eigenvalue weighted by atomic mass is 10.1. The molecule has 2 aromatic carbocycles. The van der Waals surface area contributed by atoms with Gasteiger partial charge in [0.15, 0.2) is 0 Å². The second kappa shape index (κ2) is 8.51. The lowest BCUT2D eigenvalue weighted by Gasteiger charge is -2.25. The maximum atomic E-state index is 14.5. The van der Waals surface area contributed by atoms with Crippen molar-refractivity contribution in [3.05, 3.63) is 58.9 Å². The van der Waals surface area contributed by atoms with Gasteiger partial charge in [-0.1, -0.05) is 23.4 Å². The third-order valence-electron chi connectivity index (χ3n) is 5.75. The summed E-state index contributed by atoms with van der Waals surface area (Å²) >= 11 is 6.22. The maximum absolute atomic E-state index is 14.5. The molecule has 5 nitrogen and oxygen atoms in total. The molecule has 1 aliphatic rings. The van der Waals surface area contributed by atoms with Crippen LogP contribution in [0.4, 0.5) is 42.2 Å². The Morgan fingerprint density at radius 3 is 2.47 bits per heavy atom. The summed E-state index contributed by atoms with van der Waals surface area (Å²) in [6, 6.07) is 4.98. The van der Waals surface area contributed by atoms with Crippen LogP contribution in [0.1, 0.15) is 18.4 Å². The molecule has 0 saturated heterocycles. The minimum atomic E-state index is -4.54. The third-order valence-corrected chi connectivity index (χ3v) is 6.04. The topological polar surface area (TPSA) is 46.3 Å². The Labute approximate surface area is 203 Å². The Hall–Kier alpha value is -3.59. The number of halogens is 8. The molecular formula is C23H13ClF7N5. The number of benzene rings is 2. The Balaban J connectivity index is 1.69. The standard InChI is InChI=1S/C23H13ClF7N5/c24-17-9-14(26)8-16-19(17)36-11-32-34-21(36)33-20(16)35(10-18(27)28)15-6-12(5-13(25)7-15)1-2-22(3-4-22)23(29,30)31/h5-9,11,18H,3-4,10H2. The minimum absolute atomic E-state index is 0.00106. The van der Waals surface area contributed by atoms with Gasteiger partial charge in [0.1, 0.15) is 29.2 Å². The average Bonchev–Trinajstić information content (AvgIpc) is 3.45. The highest BCUT2D eigenvalue weighted by Crippen LogP contribution is 2.57. The molecule has 4 aromatic rings. The molecule has 5 rings (SSSR count). The van der Waals surface area contributed by atoms with E-state index in [4.69, 9.17) is 11.6 Å². The van der Waals surface area contributed by atoms with Crippen molar-refractivity contribution in [3.63, 3.8) is 0 Å². The number of hydrogen-bond donors (Lipinski definition) is 0. The predicted molar refractivity (Wildman–Crippen MR) is 117 cm³/mol. The molecule has 1 aliphatic carbocycles. The average molecular weight is 528 g/mol. The van der Waals surface area contributed by atoms with Crippen molar-refractivity contribution >= 4 is 39.8 Å². The largest absolute Gasteiger partial charge is 0.405 e. The van der Waals surface area contributed by atoms with Crippen LogP contribution in [-0.4, -0.2) is 38.7 Å². The zero-order valence-corrected chi connectivity index (χ0v) is 18.7. The van der Waals surface area contributed by atoms with Gasteiger partial charge in [0.05, 0.1) is 17.1 Å². The van der Waals surface area contributed by atoms with E-state index in [9.17, 15) is 30.7 Å². The Kier molecular flexibility index (Phi) is 5.70. The van der Waals surface area contributed by atoms with E-state index in [1.807, 2.05) is 0 Å². The Morgan fingerprint density at radius 2 is 1.81 bits per heavy atom. The molecule has 0 aliphatic heterocycles. The van der Waals surface area contributed by atoms with Crippen LogP contribution in [0.25, 0.3) is 16.7 Å². The van der Waals surface area contributed by atoms with E-state index in [0.717, 1.165) is 35.2 Å². The van der Waals surface area contributed by atoms with Crippen LogP contribution in [0.5, 0.6) is 0 Å². The van der Waals surface area contributed by atoms with Crippen molar-refractivity contribution in [1.29, 1.82) is 0 Å². The summed E-state index contributed by atoms with van der Waals surface area (Å²) in [5.74, 6) is 2.48. The number of anilines is 2. The molecule has 36 heavy (non-hydrogen) atoms. The van der Waals surface area contributed by atoms with E-state index in [2.05, 4.69) is 27.0 Å². The van der Waals surface area contributed by atoms with Crippen LogP contribution >= 0.6 is 11.6 Å². The summed E-state index contributed by atoms with van der Waals surface area (Å²) < 4.78 is 97.2. The number of aromatic nitrogens is 4. The van der Waals surface area contributed by atoms with Crippen LogP contribution in [-0.2, 0) is 0 Å². The van der Waals surface area contributed by atoms with Gasteiger partial charge in [-0.25, -0.2) is 17.6 Å². The Morgan fingerprint density at radius 1 is 1.08 bits per heavy atom. The summed E-state index contributed by atoms with van der Waals surface area (Å²) in [5, 5.41) is 7.43.